The first kappa shape index (κ1) is 10.9. The van der Waals surface area contributed by atoms with E-state index in [1.807, 2.05) is 6.92 Å². The van der Waals surface area contributed by atoms with Crippen LogP contribution in [0.3, 0.4) is 0 Å². The summed E-state index contributed by atoms with van der Waals surface area (Å²) < 4.78 is 0. The number of unbranched alkanes of at least 4 members (excludes halogenated alkanes) is 1. The average molecular weight is 160 g/mol. The second kappa shape index (κ2) is 4.70. The lowest BCUT2D eigenvalue weighted by molar-refractivity contribution is 0.0132. The Hall–Kier alpha value is -0.120. The van der Waals surface area contributed by atoms with Gasteiger partial charge in [0.25, 0.3) is 0 Å². The van der Waals surface area contributed by atoms with Crippen LogP contribution in [0.5, 0.6) is 0 Å². The third-order valence-electron chi connectivity index (χ3n) is 2.08. The first-order valence-corrected chi connectivity index (χ1v) is 4.31. The summed E-state index contributed by atoms with van der Waals surface area (Å²) in [4.78, 5) is 0. The maximum Gasteiger partial charge on any atom is 0.128 e. The molecule has 3 nitrogen and oxygen atoms in total. The minimum Gasteiger partial charge on any atom is -0.374 e. The standard InChI is InChI=1S/C8H20N2O/c1-3-5-6-7(9)8(10,11)4-2/h7,11H,3-6,9-10H2,1-2H3. The van der Waals surface area contributed by atoms with Gasteiger partial charge in [0, 0.05) is 6.04 Å². The van der Waals surface area contributed by atoms with E-state index in [0.29, 0.717) is 6.42 Å². The van der Waals surface area contributed by atoms with Gasteiger partial charge >= 0.3 is 0 Å². The van der Waals surface area contributed by atoms with Gasteiger partial charge in [0.15, 0.2) is 0 Å². The van der Waals surface area contributed by atoms with Gasteiger partial charge in [-0.3, -0.25) is 0 Å². The summed E-state index contributed by atoms with van der Waals surface area (Å²) in [6.45, 7) is 3.93. The summed E-state index contributed by atoms with van der Waals surface area (Å²) in [6, 6.07) is -0.285. The molecule has 0 aromatic heterocycles. The van der Waals surface area contributed by atoms with Crippen LogP contribution in [0.25, 0.3) is 0 Å². The molecular weight excluding hydrogens is 140 g/mol. The molecule has 11 heavy (non-hydrogen) atoms. The SMILES string of the molecule is CCCCC(N)C(N)(O)CC. The third-order valence-corrected chi connectivity index (χ3v) is 2.08. The van der Waals surface area contributed by atoms with Gasteiger partial charge in [-0.05, 0) is 12.8 Å². The molecule has 2 atom stereocenters. The highest BCUT2D eigenvalue weighted by atomic mass is 16.3. The van der Waals surface area contributed by atoms with Crippen molar-refractivity contribution in [1.29, 1.82) is 0 Å². The van der Waals surface area contributed by atoms with Crippen molar-refractivity contribution in [2.75, 3.05) is 0 Å². The summed E-state index contributed by atoms with van der Waals surface area (Å²) in [7, 11) is 0. The fraction of sp³-hybridized carbons (Fsp3) is 1.00. The van der Waals surface area contributed by atoms with E-state index in [1.54, 1.807) is 0 Å². The predicted molar refractivity (Wildman–Crippen MR) is 46.9 cm³/mol. The number of hydrogen-bond acceptors (Lipinski definition) is 3. The van der Waals surface area contributed by atoms with E-state index in [-0.39, 0.29) is 6.04 Å². The van der Waals surface area contributed by atoms with Gasteiger partial charge in [-0.2, -0.15) is 0 Å². The molecule has 0 aromatic rings. The van der Waals surface area contributed by atoms with E-state index in [4.69, 9.17) is 11.5 Å². The van der Waals surface area contributed by atoms with Gasteiger partial charge in [-0.1, -0.05) is 26.7 Å². The van der Waals surface area contributed by atoms with E-state index in [1.165, 1.54) is 0 Å². The lowest BCUT2D eigenvalue weighted by Gasteiger charge is -2.28. The summed E-state index contributed by atoms with van der Waals surface area (Å²) in [6.07, 6.45) is 3.43. The minimum absolute atomic E-state index is 0.285. The van der Waals surface area contributed by atoms with Gasteiger partial charge in [-0.15, -0.1) is 0 Å². The Labute approximate surface area is 68.8 Å². The van der Waals surface area contributed by atoms with Gasteiger partial charge in [0.05, 0.1) is 0 Å². The van der Waals surface area contributed by atoms with E-state index in [9.17, 15) is 5.11 Å². The molecule has 0 amide bonds. The van der Waals surface area contributed by atoms with E-state index >= 15 is 0 Å². The van der Waals surface area contributed by atoms with Gasteiger partial charge < -0.3 is 16.6 Å². The van der Waals surface area contributed by atoms with Crippen LogP contribution in [-0.2, 0) is 0 Å². The van der Waals surface area contributed by atoms with Crippen molar-refractivity contribution >= 4 is 0 Å². The quantitative estimate of drug-likeness (QED) is 0.515. The largest absolute Gasteiger partial charge is 0.374 e. The first-order valence-electron chi connectivity index (χ1n) is 4.31. The summed E-state index contributed by atoms with van der Waals surface area (Å²) in [5.74, 6) is 0. The Balaban J connectivity index is 3.71. The van der Waals surface area contributed by atoms with E-state index in [0.717, 1.165) is 19.3 Å². The Morgan fingerprint density at radius 2 is 2.00 bits per heavy atom. The second-order valence-corrected chi connectivity index (χ2v) is 3.09. The van der Waals surface area contributed by atoms with Crippen LogP contribution < -0.4 is 11.5 Å². The summed E-state index contributed by atoms with van der Waals surface area (Å²) in [5.41, 5.74) is 10.0. The molecule has 0 heterocycles. The Kier molecular flexibility index (Phi) is 4.65. The molecule has 5 N–H and O–H groups in total. The normalized spacial score (nSPS) is 19.4. The molecule has 0 aliphatic heterocycles. The third kappa shape index (κ3) is 3.70. The molecule has 0 spiro atoms. The van der Waals surface area contributed by atoms with Crippen LogP contribution in [0.4, 0.5) is 0 Å². The summed E-state index contributed by atoms with van der Waals surface area (Å²) in [5, 5.41) is 9.47. The fourth-order valence-electron chi connectivity index (χ4n) is 0.936. The molecule has 0 aliphatic rings. The van der Waals surface area contributed by atoms with Crippen molar-refractivity contribution in [2.45, 2.75) is 51.3 Å². The van der Waals surface area contributed by atoms with Crippen molar-refractivity contribution in [3.8, 4) is 0 Å². The highest BCUT2D eigenvalue weighted by Crippen LogP contribution is 2.11. The monoisotopic (exact) mass is 160 g/mol. The Bertz CT molecular complexity index is 104. The maximum absolute atomic E-state index is 9.47. The highest BCUT2D eigenvalue weighted by molar-refractivity contribution is 4.81. The molecule has 0 fully saturated rings. The zero-order valence-corrected chi connectivity index (χ0v) is 7.51. The van der Waals surface area contributed by atoms with Gasteiger partial charge in [-0.25, -0.2) is 0 Å². The molecule has 68 valence electrons. The van der Waals surface area contributed by atoms with Crippen molar-refractivity contribution in [3.63, 3.8) is 0 Å². The van der Waals surface area contributed by atoms with Crippen LogP contribution in [0.2, 0.25) is 0 Å². The molecular formula is C8H20N2O. The van der Waals surface area contributed by atoms with Gasteiger partial charge in [0.2, 0.25) is 0 Å². The fourth-order valence-corrected chi connectivity index (χ4v) is 0.936. The molecule has 2 unspecified atom stereocenters. The molecule has 3 heteroatoms. The second-order valence-electron chi connectivity index (χ2n) is 3.09. The first-order chi connectivity index (χ1) is 5.04. The van der Waals surface area contributed by atoms with Gasteiger partial charge in [0.1, 0.15) is 5.72 Å². The highest BCUT2D eigenvalue weighted by Gasteiger charge is 2.26. The average Bonchev–Trinajstić information content (AvgIpc) is 2.00. The Morgan fingerprint density at radius 3 is 2.36 bits per heavy atom. The van der Waals surface area contributed by atoms with Crippen molar-refractivity contribution in [3.05, 3.63) is 0 Å². The zero-order valence-electron chi connectivity index (χ0n) is 7.51. The maximum atomic E-state index is 9.47. The lowest BCUT2D eigenvalue weighted by atomic mass is 9.98. The van der Waals surface area contributed by atoms with Crippen LogP contribution >= 0.6 is 0 Å². The van der Waals surface area contributed by atoms with E-state index in [2.05, 4.69) is 6.92 Å². The van der Waals surface area contributed by atoms with Crippen LogP contribution in [-0.4, -0.2) is 16.9 Å². The minimum atomic E-state index is -1.17. The predicted octanol–water partition coefficient (Wildman–Crippen LogP) is 0.561. The topological polar surface area (TPSA) is 72.3 Å². The molecule has 0 aliphatic carbocycles. The summed E-state index contributed by atoms with van der Waals surface area (Å²) >= 11 is 0. The molecule has 0 radical (unpaired) electrons. The van der Waals surface area contributed by atoms with Crippen molar-refractivity contribution in [2.24, 2.45) is 11.5 Å². The molecule has 0 saturated carbocycles. The zero-order chi connectivity index (χ0) is 8.91. The van der Waals surface area contributed by atoms with Crippen LogP contribution in [0, 0.1) is 0 Å². The number of aliphatic hydroxyl groups is 1. The molecule has 0 bridgehead atoms. The molecule has 0 saturated heterocycles. The lowest BCUT2D eigenvalue weighted by Crippen LogP contribution is -2.54. The number of nitrogens with two attached hydrogens (primary N) is 2. The number of rotatable bonds is 5. The smallest absolute Gasteiger partial charge is 0.128 e. The number of hydrogen-bond donors (Lipinski definition) is 3. The Morgan fingerprint density at radius 1 is 1.45 bits per heavy atom. The van der Waals surface area contributed by atoms with Crippen molar-refractivity contribution < 1.29 is 5.11 Å². The van der Waals surface area contributed by atoms with E-state index < -0.39 is 5.72 Å². The van der Waals surface area contributed by atoms with Crippen LogP contribution in [0.1, 0.15) is 39.5 Å². The van der Waals surface area contributed by atoms with Crippen molar-refractivity contribution in [1.82, 2.24) is 0 Å². The molecule has 0 rings (SSSR count). The van der Waals surface area contributed by atoms with Crippen LogP contribution in [0.15, 0.2) is 0 Å². The molecule has 0 aromatic carbocycles.